The van der Waals surface area contributed by atoms with E-state index in [4.69, 9.17) is 0 Å². The summed E-state index contributed by atoms with van der Waals surface area (Å²) in [5.41, 5.74) is 0.268. The monoisotopic (exact) mass is 360 g/mol. The average molecular weight is 361 g/mol. The molecule has 145 valence electrons. The minimum Gasteiger partial charge on any atom is -0.291 e. The molecule has 0 unspecified atom stereocenters. The lowest BCUT2D eigenvalue weighted by Crippen LogP contribution is -1.97. The predicted octanol–water partition coefficient (Wildman–Crippen LogP) is 6.63. The Labute approximate surface area is 158 Å². The Morgan fingerprint density at radius 1 is 0.885 bits per heavy atom. The van der Waals surface area contributed by atoms with Gasteiger partial charge in [0.2, 0.25) is 5.70 Å². The van der Waals surface area contributed by atoms with Gasteiger partial charge in [-0.2, -0.15) is 0 Å². The van der Waals surface area contributed by atoms with Crippen molar-refractivity contribution in [1.29, 1.82) is 0 Å². The molecule has 0 aromatic carbocycles. The Bertz CT molecular complexity index is 476. The molecule has 0 rings (SSSR count). The van der Waals surface area contributed by atoms with E-state index in [1.54, 1.807) is 6.08 Å². The number of nitro groups is 1. The molecular weight excluding hydrogens is 326 g/mol. The van der Waals surface area contributed by atoms with Crippen LogP contribution in [-0.4, -0.2) is 11.2 Å². The maximum absolute atomic E-state index is 11.0. The molecule has 0 saturated carbocycles. The van der Waals surface area contributed by atoms with Gasteiger partial charge in [0.1, 0.15) is 0 Å². The highest BCUT2D eigenvalue weighted by atomic mass is 16.6. The van der Waals surface area contributed by atoms with Gasteiger partial charge in [-0.05, 0) is 51.0 Å². The molecule has 0 amide bonds. The Balaban J connectivity index is 3.91. The highest BCUT2D eigenvalue weighted by molar-refractivity contribution is 5.50. The number of rotatable bonds is 17. The molecule has 0 aromatic rings. The Morgan fingerprint density at radius 2 is 1.54 bits per heavy atom. The molecule has 0 bridgehead atoms. The highest BCUT2D eigenvalue weighted by Gasteiger charge is 2.06. The van der Waals surface area contributed by atoms with Crippen molar-refractivity contribution in [1.82, 2.24) is 0 Å². The smallest absolute Gasteiger partial charge is 0.246 e. The molecule has 0 aliphatic heterocycles. The molecule has 26 heavy (non-hydrogen) atoms. The van der Waals surface area contributed by atoms with Gasteiger partial charge in [-0.25, -0.2) is 0 Å². The van der Waals surface area contributed by atoms with Gasteiger partial charge < -0.3 is 0 Å². The van der Waals surface area contributed by atoms with Gasteiger partial charge in [0, 0.05) is 6.42 Å². The van der Waals surface area contributed by atoms with E-state index in [0.717, 1.165) is 44.9 Å². The van der Waals surface area contributed by atoms with E-state index in [-0.39, 0.29) is 10.6 Å². The topological polar surface area (TPSA) is 60.2 Å². The van der Waals surface area contributed by atoms with Crippen molar-refractivity contribution in [3.8, 4) is 0 Å². The van der Waals surface area contributed by atoms with Crippen LogP contribution in [0.3, 0.4) is 0 Å². The van der Waals surface area contributed by atoms with Gasteiger partial charge in [0.15, 0.2) is 6.29 Å². The maximum Gasteiger partial charge on any atom is 0.246 e. The van der Waals surface area contributed by atoms with Crippen LogP contribution in [0.2, 0.25) is 0 Å². The lowest BCUT2D eigenvalue weighted by atomic mass is 10.1. The quantitative estimate of drug-likeness (QED) is 0.127. The first-order valence-corrected chi connectivity index (χ1v) is 9.85. The summed E-state index contributed by atoms with van der Waals surface area (Å²) in [5, 5.41) is 11.0. The van der Waals surface area contributed by atoms with Gasteiger partial charge in [0.05, 0.1) is 11.3 Å². The molecule has 4 heteroatoms. The largest absolute Gasteiger partial charge is 0.291 e. The lowest BCUT2D eigenvalue weighted by molar-refractivity contribution is -0.427. The zero-order valence-corrected chi connectivity index (χ0v) is 16.2. The van der Waals surface area contributed by atoms with E-state index in [0.29, 0.717) is 19.3 Å². The van der Waals surface area contributed by atoms with Crippen LogP contribution in [0, 0.1) is 10.1 Å². The van der Waals surface area contributed by atoms with Crippen LogP contribution in [-0.2, 0) is 4.79 Å². The third-order valence-corrected chi connectivity index (χ3v) is 3.95. The molecule has 0 aromatic heterocycles. The van der Waals surface area contributed by atoms with Crippen molar-refractivity contribution in [3.63, 3.8) is 0 Å². The molecule has 0 saturated heterocycles. The van der Waals surface area contributed by atoms with E-state index < -0.39 is 0 Å². The standard InChI is InChI=1S/C22H34NO3/c1-2-3-4-5-13-16-19-22(23(25)26)20-17-14-11-9-7-6-8-10-12-15-18-21-24/h6-7,11,13-14,16,20H,2-5,8-10,12,15,17-19H2,1H3/b7-6-,14-11-,16-13-,22-20+. The van der Waals surface area contributed by atoms with Crippen molar-refractivity contribution < 1.29 is 9.72 Å². The third-order valence-electron chi connectivity index (χ3n) is 3.95. The molecule has 0 aliphatic carbocycles. The number of hydrogen-bond donors (Lipinski definition) is 0. The van der Waals surface area contributed by atoms with Crippen molar-refractivity contribution in [2.24, 2.45) is 0 Å². The number of nitrogens with zero attached hydrogens (tertiary/aromatic N) is 1. The zero-order chi connectivity index (χ0) is 19.3. The van der Waals surface area contributed by atoms with Crippen molar-refractivity contribution in [2.45, 2.75) is 84.0 Å². The minimum absolute atomic E-state index is 0.268. The van der Waals surface area contributed by atoms with Crippen molar-refractivity contribution in [2.75, 3.05) is 0 Å². The normalized spacial score (nSPS) is 12.6. The van der Waals surface area contributed by atoms with Crippen LogP contribution in [0.1, 0.15) is 84.0 Å². The summed E-state index contributed by atoms with van der Waals surface area (Å²) in [4.78, 5) is 20.8. The summed E-state index contributed by atoms with van der Waals surface area (Å²) in [5.74, 6) is 0. The van der Waals surface area contributed by atoms with Gasteiger partial charge in [-0.3, -0.25) is 14.9 Å². The van der Waals surface area contributed by atoms with Crippen molar-refractivity contribution in [3.05, 3.63) is 58.3 Å². The fraction of sp³-hybridized carbons (Fsp3) is 0.591. The van der Waals surface area contributed by atoms with Gasteiger partial charge in [0.25, 0.3) is 0 Å². The van der Waals surface area contributed by atoms with E-state index in [1.807, 2.05) is 30.6 Å². The molecule has 1 radical (unpaired) electrons. The van der Waals surface area contributed by atoms with Crippen LogP contribution in [0.5, 0.6) is 0 Å². The summed E-state index contributed by atoms with van der Waals surface area (Å²) >= 11 is 0. The Morgan fingerprint density at radius 3 is 2.23 bits per heavy atom. The second kappa shape index (κ2) is 19.4. The van der Waals surface area contributed by atoms with Gasteiger partial charge in [-0.15, -0.1) is 0 Å². The van der Waals surface area contributed by atoms with E-state index >= 15 is 0 Å². The molecule has 0 N–H and O–H groups in total. The summed E-state index contributed by atoms with van der Waals surface area (Å²) in [7, 11) is 0. The van der Waals surface area contributed by atoms with Crippen LogP contribution in [0.15, 0.2) is 48.2 Å². The maximum atomic E-state index is 11.0. The number of allylic oxidation sites excluding steroid dienone is 7. The first kappa shape index (κ1) is 24.0. The van der Waals surface area contributed by atoms with Gasteiger partial charge >= 0.3 is 0 Å². The predicted molar refractivity (Wildman–Crippen MR) is 109 cm³/mol. The van der Waals surface area contributed by atoms with Gasteiger partial charge in [-0.1, -0.05) is 62.6 Å². The van der Waals surface area contributed by atoms with Crippen LogP contribution in [0.4, 0.5) is 0 Å². The molecule has 0 heterocycles. The molecular formula is C22H34NO3. The highest BCUT2D eigenvalue weighted by Crippen LogP contribution is 2.08. The average Bonchev–Trinajstić information content (AvgIpc) is 2.63. The summed E-state index contributed by atoms with van der Waals surface area (Å²) in [6.45, 7) is 2.16. The summed E-state index contributed by atoms with van der Waals surface area (Å²) < 4.78 is 0. The molecule has 0 atom stereocenters. The summed E-state index contributed by atoms with van der Waals surface area (Å²) in [6.07, 6.45) is 26.9. The Kier molecular flexibility index (Phi) is 17.9. The van der Waals surface area contributed by atoms with E-state index in [1.165, 1.54) is 12.8 Å². The fourth-order valence-electron chi connectivity index (χ4n) is 2.39. The first-order chi connectivity index (χ1) is 12.7. The van der Waals surface area contributed by atoms with E-state index in [9.17, 15) is 14.9 Å². The van der Waals surface area contributed by atoms with Crippen LogP contribution < -0.4 is 0 Å². The third kappa shape index (κ3) is 16.9. The van der Waals surface area contributed by atoms with Crippen LogP contribution in [0.25, 0.3) is 0 Å². The molecule has 0 aliphatic rings. The first-order valence-electron chi connectivity index (χ1n) is 9.85. The second-order valence-electron chi connectivity index (χ2n) is 6.28. The molecule has 0 fully saturated rings. The fourth-order valence-corrected chi connectivity index (χ4v) is 2.39. The Hall–Kier alpha value is -1.97. The number of carbonyl (C=O) groups excluding carboxylic acids is 1. The second-order valence-corrected chi connectivity index (χ2v) is 6.28. The SMILES string of the molecule is CCCCC/C=C\C/C(=C\C/C=C\C/C=C\CCCCC[C]=O)[N+](=O)[O-]. The summed E-state index contributed by atoms with van der Waals surface area (Å²) in [6, 6.07) is 0. The number of hydrogen-bond acceptors (Lipinski definition) is 3. The van der Waals surface area contributed by atoms with E-state index in [2.05, 4.69) is 19.1 Å². The lowest BCUT2D eigenvalue weighted by Gasteiger charge is -1.95. The zero-order valence-electron chi connectivity index (χ0n) is 16.2. The number of unbranched alkanes of at least 4 members (excludes halogenated alkanes) is 7. The molecule has 0 spiro atoms. The molecule has 4 nitrogen and oxygen atoms in total. The van der Waals surface area contributed by atoms with Crippen molar-refractivity contribution >= 4 is 6.29 Å². The van der Waals surface area contributed by atoms with Crippen LogP contribution >= 0.6 is 0 Å². The minimum atomic E-state index is -0.285.